The number of carbonyl (C=O) groups is 1. The third-order valence-corrected chi connectivity index (χ3v) is 7.34. The van der Waals surface area contributed by atoms with Gasteiger partial charge in [0.25, 0.3) is 6.43 Å². The molecular formula is C30H42F2N6O2. The van der Waals surface area contributed by atoms with E-state index in [1.165, 1.54) is 38.7 Å². The van der Waals surface area contributed by atoms with Crippen LogP contribution in [0.15, 0.2) is 49.0 Å². The molecule has 2 aromatic rings. The predicted molar refractivity (Wildman–Crippen MR) is 156 cm³/mol. The van der Waals surface area contributed by atoms with Gasteiger partial charge >= 0.3 is 0 Å². The van der Waals surface area contributed by atoms with Gasteiger partial charge in [-0.05, 0) is 48.9 Å². The van der Waals surface area contributed by atoms with Crippen molar-refractivity contribution in [1.29, 1.82) is 5.41 Å². The fourth-order valence-corrected chi connectivity index (χ4v) is 5.17. The SMILES string of the molecule is C1CCCOCC1.C=C.CC(=O)N1CCC(N)=C(C(=N)N2CCCc3cc(-c4cnn(C)c4)c(C(F)F)cc32)C1. The summed E-state index contributed by atoms with van der Waals surface area (Å²) in [4.78, 5) is 15.2. The second-order valence-corrected chi connectivity index (χ2v) is 10.1. The highest BCUT2D eigenvalue weighted by Gasteiger charge is 2.30. The Kier molecular flexibility index (Phi) is 11.4. The number of hydrogen-bond acceptors (Lipinski definition) is 5. The van der Waals surface area contributed by atoms with Gasteiger partial charge in [0.2, 0.25) is 5.91 Å². The van der Waals surface area contributed by atoms with Crippen molar-refractivity contribution in [2.45, 2.75) is 58.3 Å². The predicted octanol–water partition coefficient (Wildman–Crippen LogP) is 5.60. The molecule has 3 N–H and O–H groups in total. The Balaban J connectivity index is 0.000000422. The Morgan fingerprint density at radius 1 is 1.10 bits per heavy atom. The zero-order chi connectivity index (χ0) is 29.2. The Morgan fingerprint density at radius 2 is 1.80 bits per heavy atom. The lowest BCUT2D eigenvalue weighted by molar-refractivity contribution is -0.128. The number of hydrogen-bond donors (Lipinski definition) is 2. The maximum Gasteiger partial charge on any atom is 0.264 e. The van der Waals surface area contributed by atoms with Crippen LogP contribution in [0.4, 0.5) is 14.5 Å². The minimum Gasteiger partial charge on any atom is -0.402 e. The summed E-state index contributed by atoms with van der Waals surface area (Å²) in [6.07, 6.45) is 7.98. The molecule has 0 radical (unpaired) electrons. The van der Waals surface area contributed by atoms with Crippen LogP contribution in [0.1, 0.15) is 63.0 Å². The lowest BCUT2D eigenvalue weighted by Gasteiger charge is -2.36. The van der Waals surface area contributed by atoms with Crippen molar-refractivity contribution in [2.75, 3.05) is 37.7 Å². The number of amidine groups is 1. The van der Waals surface area contributed by atoms with Crippen LogP contribution in [0.25, 0.3) is 11.1 Å². The number of nitrogens with one attached hydrogen (secondary N) is 1. The molecule has 0 spiro atoms. The zero-order valence-electron chi connectivity index (χ0n) is 23.7. The first-order chi connectivity index (χ1) is 19.3. The molecule has 218 valence electrons. The quantitative estimate of drug-likeness (QED) is 0.291. The standard InChI is InChI=1S/C22H26F2N6O.C6H12O.C2H4/c1-13(31)29-7-5-19(25)18(12-29)22(26)30-6-3-4-14-8-16(15-10-27-28(2)11-15)17(21(23)24)9-20(14)30;1-2-4-6-7-5-3-1;1-2/h8-11,21,26H,3-7,12,25H2,1-2H3;1-6H2;1-2H2. The molecule has 0 atom stereocenters. The molecule has 10 heteroatoms. The summed E-state index contributed by atoms with van der Waals surface area (Å²) in [5.41, 5.74) is 9.91. The van der Waals surface area contributed by atoms with Crippen molar-refractivity contribution in [2.24, 2.45) is 12.8 Å². The van der Waals surface area contributed by atoms with E-state index >= 15 is 0 Å². The Morgan fingerprint density at radius 3 is 2.40 bits per heavy atom. The van der Waals surface area contributed by atoms with Crippen LogP contribution in [0.3, 0.4) is 0 Å². The van der Waals surface area contributed by atoms with Crippen molar-refractivity contribution in [3.63, 3.8) is 0 Å². The largest absolute Gasteiger partial charge is 0.402 e. The summed E-state index contributed by atoms with van der Waals surface area (Å²) in [7, 11) is 1.75. The van der Waals surface area contributed by atoms with E-state index in [1.807, 2.05) is 0 Å². The maximum atomic E-state index is 14.0. The first-order valence-electron chi connectivity index (χ1n) is 13.9. The lowest BCUT2D eigenvalue weighted by Crippen LogP contribution is -2.44. The molecule has 8 nitrogen and oxygen atoms in total. The number of ether oxygens (including phenoxy) is 1. The molecule has 1 aromatic carbocycles. The molecule has 0 aliphatic carbocycles. The fourth-order valence-electron chi connectivity index (χ4n) is 5.17. The highest BCUT2D eigenvalue weighted by Crippen LogP contribution is 2.39. The van der Waals surface area contributed by atoms with Crippen molar-refractivity contribution in [3.05, 3.63) is 60.1 Å². The maximum absolute atomic E-state index is 14.0. The number of nitrogens with zero attached hydrogens (tertiary/aromatic N) is 4. The van der Waals surface area contributed by atoms with Gasteiger partial charge in [-0.25, -0.2) is 8.78 Å². The van der Waals surface area contributed by atoms with Gasteiger partial charge in [0.1, 0.15) is 5.84 Å². The van der Waals surface area contributed by atoms with Crippen LogP contribution in [0, 0.1) is 5.41 Å². The van der Waals surface area contributed by atoms with E-state index in [1.54, 1.807) is 40.0 Å². The van der Waals surface area contributed by atoms with Gasteiger partial charge < -0.3 is 20.3 Å². The monoisotopic (exact) mass is 556 g/mol. The van der Waals surface area contributed by atoms with E-state index in [2.05, 4.69) is 18.3 Å². The number of carbonyl (C=O) groups excluding carboxylic acids is 1. The number of nitrogens with two attached hydrogens (primary N) is 1. The molecule has 3 aliphatic rings. The molecule has 0 saturated carbocycles. The van der Waals surface area contributed by atoms with Crippen molar-refractivity contribution < 1.29 is 18.3 Å². The van der Waals surface area contributed by atoms with E-state index < -0.39 is 6.43 Å². The molecule has 5 rings (SSSR count). The normalized spacial score (nSPS) is 17.2. The van der Waals surface area contributed by atoms with Crippen molar-refractivity contribution in [1.82, 2.24) is 14.7 Å². The smallest absolute Gasteiger partial charge is 0.264 e. The molecule has 1 fully saturated rings. The van der Waals surface area contributed by atoms with Crippen LogP contribution >= 0.6 is 0 Å². The van der Waals surface area contributed by atoms with E-state index in [-0.39, 0.29) is 23.9 Å². The van der Waals surface area contributed by atoms with Crippen LogP contribution in [0.5, 0.6) is 0 Å². The van der Waals surface area contributed by atoms with Gasteiger partial charge in [0.05, 0.1) is 12.7 Å². The molecule has 4 heterocycles. The molecule has 3 aliphatic heterocycles. The Hall–Kier alpha value is -3.53. The second-order valence-electron chi connectivity index (χ2n) is 10.1. The number of rotatable bonds is 3. The Bertz CT molecular complexity index is 1190. The van der Waals surface area contributed by atoms with E-state index in [0.717, 1.165) is 31.6 Å². The van der Waals surface area contributed by atoms with Crippen LogP contribution < -0.4 is 10.6 Å². The number of aryl methyl sites for hydroxylation is 2. The number of amides is 1. The number of anilines is 1. The summed E-state index contributed by atoms with van der Waals surface area (Å²) in [6, 6.07) is 3.30. The molecule has 0 unspecified atom stereocenters. The molecule has 40 heavy (non-hydrogen) atoms. The minimum absolute atomic E-state index is 0.0713. The molecular weight excluding hydrogens is 514 g/mol. The summed E-state index contributed by atoms with van der Waals surface area (Å²) in [6.45, 7) is 10.8. The third kappa shape index (κ3) is 7.56. The van der Waals surface area contributed by atoms with Gasteiger partial charge in [0.15, 0.2) is 0 Å². The number of alkyl halides is 2. The Labute approximate surface area is 236 Å². The minimum atomic E-state index is -2.66. The fraction of sp³-hybridized carbons (Fsp3) is 0.500. The average Bonchev–Trinajstić information content (AvgIpc) is 3.18. The summed E-state index contributed by atoms with van der Waals surface area (Å²) < 4.78 is 34.8. The first kappa shape index (κ1) is 31.0. The number of benzene rings is 1. The summed E-state index contributed by atoms with van der Waals surface area (Å²) in [5, 5.41) is 12.9. The van der Waals surface area contributed by atoms with Gasteiger partial charge in [0, 0.05) is 81.0 Å². The van der Waals surface area contributed by atoms with Gasteiger partial charge in [-0.3, -0.25) is 14.9 Å². The number of aromatic nitrogens is 2. The third-order valence-electron chi connectivity index (χ3n) is 7.34. The number of fused-ring (bicyclic) bond motifs is 1. The van der Waals surface area contributed by atoms with Gasteiger partial charge in [-0.2, -0.15) is 5.10 Å². The number of halogens is 2. The van der Waals surface area contributed by atoms with Crippen LogP contribution in [0.2, 0.25) is 0 Å². The topological polar surface area (TPSA) is 100 Å². The lowest BCUT2D eigenvalue weighted by atomic mass is 9.92. The molecule has 1 saturated heterocycles. The zero-order valence-corrected chi connectivity index (χ0v) is 23.7. The van der Waals surface area contributed by atoms with Crippen LogP contribution in [-0.2, 0) is 23.0 Å². The van der Waals surface area contributed by atoms with Crippen molar-refractivity contribution >= 4 is 17.4 Å². The van der Waals surface area contributed by atoms with Gasteiger partial charge in [-0.1, -0.05) is 12.8 Å². The molecule has 0 bridgehead atoms. The second kappa shape index (κ2) is 14.7. The molecule has 1 amide bonds. The highest BCUT2D eigenvalue weighted by atomic mass is 19.3. The highest BCUT2D eigenvalue weighted by molar-refractivity contribution is 6.09. The van der Waals surface area contributed by atoms with E-state index in [9.17, 15) is 13.6 Å². The first-order valence-corrected chi connectivity index (χ1v) is 13.9. The van der Waals surface area contributed by atoms with Crippen LogP contribution in [-0.4, -0.2) is 59.3 Å². The van der Waals surface area contributed by atoms with Crippen molar-refractivity contribution in [3.8, 4) is 11.1 Å². The average molecular weight is 557 g/mol. The van der Waals surface area contributed by atoms with E-state index in [0.29, 0.717) is 47.6 Å². The van der Waals surface area contributed by atoms with Gasteiger partial charge in [-0.15, -0.1) is 13.2 Å². The molecule has 1 aromatic heterocycles. The summed E-state index contributed by atoms with van der Waals surface area (Å²) >= 11 is 0. The summed E-state index contributed by atoms with van der Waals surface area (Å²) in [5.74, 6) is 0.108. The van der Waals surface area contributed by atoms with E-state index in [4.69, 9.17) is 15.9 Å².